The van der Waals surface area contributed by atoms with Gasteiger partial charge in [-0.3, -0.25) is 4.79 Å². The zero-order chi connectivity index (χ0) is 22.6. The minimum Gasteiger partial charge on any atom is -0.484 e. The Hall–Kier alpha value is -3.57. The highest BCUT2D eigenvalue weighted by atomic mass is 19.4. The van der Waals surface area contributed by atoms with Gasteiger partial charge in [0.1, 0.15) is 18.4 Å². The Bertz CT molecular complexity index is 999. The van der Waals surface area contributed by atoms with E-state index in [1.165, 1.54) is 12.7 Å². The molecule has 0 aliphatic heterocycles. The number of aromatic nitrogens is 3. The molecule has 1 heterocycles. The molecule has 0 unspecified atom stereocenters. The van der Waals surface area contributed by atoms with E-state index in [-0.39, 0.29) is 6.07 Å². The fourth-order valence-corrected chi connectivity index (χ4v) is 2.55. The molecule has 0 atom stereocenters. The van der Waals surface area contributed by atoms with Crippen molar-refractivity contribution >= 4 is 11.6 Å². The van der Waals surface area contributed by atoms with Gasteiger partial charge in [0.15, 0.2) is 6.61 Å². The van der Waals surface area contributed by atoms with E-state index >= 15 is 0 Å². The average molecular weight is 444 g/mol. The summed E-state index contributed by atoms with van der Waals surface area (Å²) >= 11 is 0. The standard InChI is InChI=1S/C19H14F6N4O2/c20-18(21,22)13-5-14(19(23,24)25)7-16(6-13)31-9-17(30)28-15-3-1-12(2-4-15)8-29-11-26-10-27-29/h1-7,10-11H,8-9H2,(H,28,30). The number of nitrogens with zero attached hydrogens (tertiary/aromatic N) is 3. The SMILES string of the molecule is O=C(COc1cc(C(F)(F)F)cc(C(F)(F)F)c1)Nc1ccc(Cn2cncn2)cc1. The van der Waals surface area contributed by atoms with Gasteiger partial charge in [0.05, 0.1) is 17.7 Å². The molecular weight excluding hydrogens is 430 g/mol. The molecule has 0 saturated carbocycles. The Morgan fingerprint density at radius 3 is 2.10 bits per heavy atom. The molecule has 0 aliphatic rings. The molecule has 3 rings (SSSR count). The Balaban J connectivity index is 1.62. The summed E-state index contributed by atoms with van der Waals surface area (Å²) in [5.74, 6) is -1.48. The Labute approximate surface area is 171 Å². The first-order valence-electron chi connectivity index (χ1n) is 8.64. The number of halogens is 6. The number of benzene rings is 2. The van der Waals surface area contributed by atoms with Crippen LogP contribution in [-0.4, -0.2) is 27.3 Å². The number of amides is 1. The molecule has 1 N–H and O–H groups in total. The monoisotopic (exact) mass is 444 g/mol. The van der Waals surface area contributed by atoms with Gasteiger partial charge in [0, 0.05) is 5.69 Å². The third-order valence-corrected chi connectivity index (χ3v) is 3.98. The van der Waals surface area contributed by atoms with E-state index in [1.54, 1.807) is 28.9 Å². The van der Waals surface area contributed by atoms with Crippen LogP contribution >= 0.6 is 0 Å². The third-order valence-electron chi connectivity index (χ3n) is 3.98. The van der Waals surface area contributed by atoms with Crippen LogP contribution in [0.2, 0.25) is 0 Å². The molecule has 2 aromatic carbocycles. The zero-order valence-electron chi connectivity index (χ0n) is 15.5. The molecule has 6 nitrogen and oxygen atoms in total. The molecule has 164 valence electrons. The van der Waals surface area contributed by atoms with Gasteiger partial charge in [-0.2, -0.15) is 31.4 Å². The highest BCUT2D eigenvalue weighted by molar-refractivity contribution is 5.91. The van der Waals surface area contributed by atoms with E-state index in [9.17, 15) is 31.1 Å². The van der Waals surface area contributed by atoms with Crippen LogP contribution in [0.3, 0.4) is 0 Å². The van der Waals surface area contributed by atoms with Crippen LogP contribution in [0, 0.1) is 0 Å². The molecule has 0 aliphatic carbocycles. The third kappa shape index (κ3) is 6.20. The second-order valence-corrected chi connectivity index (χ2v) is 6.37. The first-order valence-corrected chi connectivity index (χ1v) is 8.64. The van der Waals surface area contributed by atoms with Gasteiger partial charge in [-0.05, 0) is 35.9 Å². The van der Waals surface area contributed by atoms with Crippen molar-refractivity contribution in [2.45, 2.75) is 18.9 Å². The summed E-state index contributed by atoms with van der Waals surface area (Å²) in [7, 11) is 0. The van der Waals surface area contributed by atoms with Crippen molar-refractivity contribution in [3.8, 4) is 5.75 Å². The van der Waals surface area contributed by atoms with E-state index < -0.39 is 41.7 Å². The number of carbonyl (C=O) groups is 1. The van der Waals surface area contributed by atoms with Gasteiger partial charge in [-0.25, -0.2) is 9.67 Å². The van der Waals surface area contributed by atoms with Crippen molar-refractivity contribution < 1.29 is 35.9 Å². The zero-order valence-corrected chi connectivity index (χ0v) is 15.5. The molecule has 0 fully saturated rings. The number of ether oxygens (including phenoxy) is 1. The molecular formula is C19H14F6N4O2. The summed E-state index contributed by atoms with van der Waals surface area (Å²) in [6.45, 7) is -0.326. The topological polar surface area (TPSA) is 69.0 Å². The first-order chi connectivity index (χ1) is 14.5. The van der Waals surface area contributed by atoms with Gasteiger partial charge >= 0.3 is 12.4 Å². The van der Waals surface area contributed by atoms with Crippen LogP contribution < -0.4 is 10.1 Å². The lowest BCUT2D eigenvalue weighted by atomic mass is 10.1. The molecule has 12 heteroatoms. The Morgan fingerprint density at radius 1 is 0.968 bits per heavy atom. The van der Waals surface area contributed by atoms with E-state index in [4.69, 9.17) is 4.74 Å². The Morgan fingerprint density at radius 2 is 1.58 bits per heavy atom. The number of rotatable bonds is 6. The summed E-state index contributed by atoms with van der Waals surface area (Å²) in [6.07, 6.45) is -7.09. The van der Waals surface area contributed by atoms with Crippen molar-refractivity contribution in [3.05, 3.63) is 71.8 Å². The highest BCUT2D eigenvalue weighted by Crippen LogP contribution is 2.38. The lowest BCUT2D eigenvalue weighted by Crippen LogP contribution is -2.20. The number of hydrogen-bond donors (Lipinski definition) is 1. The number of nitrogens with one attached hydrogen (secondary N) is 1. The second kappa shape index (κ2) is 8.66. The molecule has 1 amide bonds. The van der Waals surface area contributed by atoms with Gasteiger partial charge in [-0.1, -0.05) is 12.1 Å². The van der Waals surface area contributed by atoms with Gasteiger partial charge in [0.25, 0.3) is 5.91 Å². The lowest BCUT2D eigenvalue weighted by molar-refractivity contribution is -0.143. The maximum atomic E-state index is 12.9. The van der Waals surface area contributed by atoms with Gasteiger partial charge in [-0.15, -0.1) is 0 Å². The van der Waals surface area contributed by atoms with Gasteiger partial charge in [0.2, 0.25) is 0 Å². The average Bonchev–Trinajstić information content (AvgIpc) is 3.19. The number of carbonyl (C=O) groups excluding carboxylic acids is 1. The van der Waals surface area contributed by atoms with Crippen molar-refractivity contribution in [2.24, 2.45) is 0 Å². The number of alkyl halides is 6. The molecule has 3 aromatic rings. The van der Waals surface area contributed by atoms with Crippen LogP contribution in [-0.2, 0) is 23.7 Å². The minimum absolute atomic E-state index is 0.0200. The molecule has 1 aromatic heterocycles. The van der Waals surface area contributed by atoms with Crippen LogP contribution in [0.4, 0.5) is 32.0 Å². The maximum absolute atomic E-state index is 12.9. The number of anilines is 1. The molecule has 0 spiro atoms. The summed E-state index contributed by atoms with van der Waals surface area (Å²) in [4.78, 5) is 15.8. The van der Waals surface area contributed by atoms with Crippen molar-refractivity contribution in [1.29, 1.82) is 0 Å². The van der Waals surface area contributed by atoms with Crippen LogP contribution in [0.5, 0.6) is 5.75 Å². The number of hydrogen-bond acceptors (Lipinski definition) is 4. The highest BCUT2D eigenvalue weighted by Gasteiger charge is 2.37. The van der Waals surface area contributed by atoms with Crippen LogP contribution in [0.25, 0.3) is 0 Å². The van der Waals surface area contributed by atoms with Crippen LogP contribution in [0.1, 0.15) is 16.7 Å². The largest absolute Gasteiger partial charge is 0.484 e. The quantitative estimate of drug-likeness (QED) is 0.573. The van der Waals surface area contributed by atoms with E-state index in [0.717, 1.165) is 5.56 Å². The second-order valence-electron chi connectivity index (χ2n) is 6.37. The molecule has 0 bridgehead atoms. The fraction of sp³-hybridized carbons (Fsp3) is 0.211. The van der Waals surface area contributed by atoms with Gasteiger partial charge < -0.3 is 10.1 Å². The summed E-state index contributed by atoms with van der Waals surface area (Å²) < 4.78 is 83.6. The van der Waals surface area contributed by atoms with Crippen molar-refractivity contribution in [2.75, 3.05) is 11.9 Å². The Kier molecular flexibility index (Phi) is 6.18. The van der Waals surface area contributed by atoms with Crippen molar-refractivity contribution in [1.82, 2.24) is 14.8 Å². The predicted molar refractivity (Wildman–Crippen MR) is 96.1 cm³/mol. The normalized spacial score (nSPS) is 11.9. The summed E-state index contributed by atoms with van der Waals surface area (Å²) in [5.41, 5.74) is -1.82. The predicted octanol–water partition coefficient (Wildman–Crippen LogP) is 4.38. The summed E-state index contributed by atoms with van der Waals surface area (Å²) in [6, 6.07) is 7.37. The molecule has 31 heavy (non-hydrogen) atoms. The minimum atomic E-state index is -5.00. The van der Waals surface area contributed by atoms with E-state index in [1.807, 2.05) is 0 Å². The van der Waals surface area contributed by atoms with E-state index in [2.05, 4.69) is 15.4 Å². The maximum Gasteiger partial charge on any atom is 0.416 e. The van der Waals surface area contributed by atoms with E-state index in [0.29, 0.717) is 24.4 Å². The van der Waals surface area contributed by atoms with Crippen LogP contribution in [0.15, 0.2) is 55.1 Å². The lowest BCUT2D eigenvalue weighted by Gasteiger charge is -2.15. The molecule has 0 saturated heterocycles. The fourth-order valence-electron chi connectivity index (χ4n) is 2.55. The summed E-state index contributed by atoms with van der Waals surface area (Å²) in [5, 5.41) is 6.40. The molecule has 0 radical (unpaired) electrons. The smallest absolute Gasteiger partial charge is 0.416 e. The first kappa shape index (κ1) is 22.1. The van der Waals surface area contributed by atoms with Crippen molar-refractivity contribution in [3.63, 3.8) is 0 Å².